The molecular formula is C16H21NO3. The predicted molar refractivity (Wildman–Crippen MR) is 79.2 cm³/mol. The first-order valence-corrected chi connectivity index (χ1v) is 6.79. The van der Waals surface area contributed by atoms with Gasteiger partial charge in [-0.25, -0.2) is 0 Å². The first-order chi connectivity index (χ1) is 9.80. The van der Waals surface area contributed by atoms with Crippen molar-refractivity contribution in [3.63, 3.8) is 0 Å². The number of rotatable bonds is 7. The number of hydrogen-bond acceptors (Lipinski definition) is 4. The molecule has 0 atom stereocenters. The first-order valence-electron chi connectivity index (χ1n) is 6.79. The van der Waals surface area contributed by atoms with E-state index in [0.717, 1.165) is 42.1 Å². The Kier molecular flexibility index (Phi) is 5.07. The molecule has 108 valence electrons. The molecule has 0 spiro atoms. The van der Waals surface area contributed by atoms with Gasteiger partial charge in [0.1, 0.15) is 5.76 Å². The Balaban J connectivity index is 2.40. The van der Waals surface area contributed by atoms with Crippen LogP contribution in [0.4, 0.5) is 0 Å². The van der Waals surface area contributed by atoms with Crippen LogP contribution in [-0.2, 0) is 6.54 Å². The summed E-state index contributed by atoms with van der Waals surface area (Å²) in [5.74, 6) is 2.27. The Morgan fingerprint density at radius 2 is 1.90 bits per heavy atom. The number of ether oxygens (including phenoxy) is 2. The van der Waals surface area contributed by atoms with E-state index in [0.29, 0.717) is 5.75 Å². The SMILES string of the molecule is CCCNCc1cc(OC)c(OC)cc1-c1ccco1. The number of hydrogen-bond donors (Lipinski definition) is 1. The maximum atomic E-state index is 5.52. The van der Waals surface area contributed by atoms with Crippen molar-refractivity contribution in [1.29, 1.82) is 0 Å². The highest BCUT2D eigenvalue weighted by atomic mass is 16.5. The molecule has 1 aromatic carbocycles. The lowest BCUT2D eigenvalue weighted by Crippen LogP contribution is -2.14. The van der Waals surface area contributed by atoms with Crippen LogP contribution in [0, 0.1) is 0 Å². The lowest BCUT2D eigenvalue weighted by molar-refractivity contribution is 0.354. The van der Waals surface area contributed by atoms with E-state index in [-0.39, 0.29) is 0 Å². The smallest absolute Gasteiger partial charge is 0.161 e. The van der Waals surface area contributed by atoms with Gasteiger partial charge in [-0.1, -0.05) is 6.92 Å². The quantitative estimate of drug-likeness (QED) is 0.786. The average molecular weight is 275 g/mol. The van der Waals surface area contributed by atoms with Crippen molar-refractivity contribution < 1.29 is 13.9 Å². The minimum absolute atomic E-state index is 0.707. The maximum absolute atomic E-state index is 5.52. The molecule has 1 aromatic heterocycles. The molecule has 0 radical (unpaired) electrons. The van der Waals surface area contributed by atoms with Crippen LogP contribution in [0.25, 0.3) is 11.3 Å². The third-order valence-electron chi connectivity index (χ3n) is 3.14. The molecule has 4 nitrogen and oxygen atoms in total. The summed E-state index contributed by atoms with van der Waals surface area (Å²) >= 11 is 0. The van der Waals surface area contributed by atoms with Crippen molar-refractivity contribution in [2.24, 2.45) is 0 Å². The predicted octanol–water partition coefficient (Wildman–Crippen LogP) is 3.46. The molecule has 0 unspecified atom stereocenters. The Labute approximate surface area is 119 Å². The highest BCUT2D eigenvalue weighted by molar-refractivity contribution is 5.67. The summed E-state index contributed by atoms with van der Waals surface area (Å²) in [4.78, 5) is 0. The van der Waals surface area contributed by atoms with E-state index in [1.54, 1.807) is 20.5 Å². The van der Waals surface area contributed by atoms with Crippen LogP contribution in [0.3, 0.4) is 0 Å². The Hall–Kier alpha value is -1.94. The summed E-state index contributed by atoms with van der Waals surface area (Å²) in [5, 5.41) is 3.40. The number of furan rings is 1. The van der Waals surface area contributed by atoms with Gasteiger partial charge in [0.15, 0.2) is 11.5 Å². The van der Waals surface area contributed by atoms with E-state index in [1.807, 2.05) is 24.3 Å². The van der Waals surface area contributed by atoms with Gasteiger partial charge in [0.05, 0.1) is 20.5 Å². The van der Waals surface area contributed by atoms with Gasteiger partial charge in [0, 0.05) is 12.1 Å². The van der Waals surface area contributed by atoms with Gasteiger partial charge in [-0.05, 0) is 42.8 Å². The number of benzene rings is 1. The van der Waals surface area contributed by atoms with E-state index in [4.69, 9.17) is 13.9 Å². The fourth-order valence-electron chi connectivity index (χ4n) is 2.13. The van der Waals surface area contributed by atoms with Gasteiger partial charge in [0.25, 0.3) is 0 Å². The summed E-state index contributed by atoms with van der Waals surface area (Å²) < 4.78 is 16.3. The molecule has 1 heterocycles. The van der Waals surface area contributed by atoms with Gasteiger partial charge in [-0.15, -0.1) is 0 Å². The fourth-order valence-corrected chi connectivity index (χ4v) is 2.13. The Bertz CT molecular complexity index is 535. The molecule has 0 aliphatic rings. The standard InChI is InChI=1S/C16H21NO3/c1-4-7-17-11-12-9-15(18-2)16(19-3)10-13(12)14-6-5-8-20-14/h5-6,8-10,17H,4,7,11H2,1-3H3. The lowest BCUT2D eigenvalue weighted by Gasteiger charge is -2.14. The van der Waals surface area contributed by atoms with Gasteiger partial charge < -0.3 is 19.2 Å². The van der Waals surface area contributed by atoms with Crippen molar-refractivity contribution in [2.75, 3.05) is 20.8 Å². The summed E-state index contributed by atoms with van der Waals surface area (Å²) in [6.45, 7) is 3.89. The topological polar surface area (TPSA) is 43.6 Å². The number of methoxy groups -OCH3 is 2. The largest absolute Gasteiger partial charge is 0.493 e. The number of nitrogens with one attached hydrogen (secondary N) is 1. The Morgan fingerprint density at radius 1 is 1.15 bits per heavy atom. The van der Waals surface area contributed by atoms with Crippen molar-refractivity contribution in [3.05, 3.63) is 36.1 Å². The van der Waals surface area contributed by atoms with E-state index in [1.165, 1.54) is 0 Å². The second kappa shape index (κ2) is 7.01. The van der Waals surface area contributed by atoms with Crippen LogP contribution >= 0.6 is 0 Å². The fraction of sp³-hybridized carbons (Fsp3) is 0.375. The van der Waals surface area contributed by atoms with E-state index < -0.39 is 0 Å². The second-order valence-electron chi connectivity index (χ2n) is 4.52. The molecule has 0 amide bonds. The van der Waals surface area contributed by atoms with Gasteiger partial charge in [-0.3, -0.25) is 0 Å². The molecule has 20 heavy (non-hydrogen) atoms. The average Bonchev–Trinajstić information content (AvgIpc) is 3.01. The molecule has 2 rings (SSSR count). The van der Waals surface area contributed by atoms with Crippen molar-refractivity contribution >= 4 is 0 Å². The van der Waals surface area contributed by atoms with E-state index >= 15 is 0 Å². The summed E-state index contributed by atoms with van der Waals surface area (Å²) in [6.07, 6.45) is 2.78. The van der Waals surface area contributed by atoms with Crippen LogP contribution in [0.5, 0.6) is 11.5 Å². The molecular weight excluding hydrogens is 254 g/mol. The zero-order valence-corrected chi connectivity index (χ0v) is 12.2. The molecule has 0 aliphatic carbocycles. The van der Waals surface area contributed by atoms with Crippen molar-refractivity contribution in [2.45, 2.75) is 19.9 Å². The van der Waals surface area contributed by atoms with E-state index in [9.17, 15) is 0 Å². The van der Waals surface area contributed by atoms with Gasteiger partial charge >= 0.3 is 0 Å². The van der Waals surface area contributed by atoms with Crippen LogP contribution in [0.1, 0.15) is 18.9 Å². The highest BCUT2D eigenvalue weighted by Crippen LogP contribution is 2.35. The molecule has 0 fully saturated rings. The first kappa shape index (κ1) is 14.5. The maximum Gasteiger partial charge on any atom is 0.161 e. The molecule has 0 bridgehead atoms. The minimum Gasteiger partial charge on any atom is -0.493 e. The second-order valence-corrected chi connectivity index (χ2v) is 4.52. The summed E-state index contributed by atoms with van der Waals surface area (Å²) in [6, 6.07) is 7.79. The van der Waals surface area contributed by atoms with Crippen molar-refractivity contribution in [1.82, 2.24) is 5.32 Å². The van der Waals surface area contributed by atoms with Gasteiger partial charge in [-0.2, -0.15) is 0 Å². The normalized spacial score (nSPS) is 10.6. The third-order valence-corrected chi connectivity index (χ3v) is 3.14. The monoisotopic (exact) mass is 275 g/mol. The van der Waals surface area contributed by atoms with Crippen LogP contribution in [-0.4, -0.2) is 20.8 Å². The molecule has 2 aromatic rings. The molecule has 4 heteroatoms. The Morgan fingerprint density at radius 3 is 2.50 bits per heavy atom. The summed E-state index contributed by atoms with van der Waals surface area (Å²) in [7, 11) is 3.28. The zero-order valence-electron chi connectivity index (χ0n) is 12.2. The third kappa shape index (κ3) is 3.14. The highest BCUT2D eigenvalue weighted by Gasteiger charge is 2.14. The van der Waals surface area contributed by atoms with Gasteiger partial charge in [0.2, 0.25) is 0 Å². The summed E-state index contributed by atoms with van der Waals surface area (Å²) in [5.41, 5.74) is 2.15. The molecule has 0 saturated carbocycles. The van der Waals surface area contributed by atoms with Crippen LogP contribution in [0.2, 0.25) is 0 Å². The minimum atomic E-state index is 0.707. The van der Waals surface area contributed by atoms with Crippen molar-refractivity contribution in [3.8, 4) is 22.8 Å². The molecule has 0 saturated heterocycles. The van der Waals surface area contributed by atoms with Crippen LogP contribution < -0.4 is 14.8 Å². The van der Waals surface area contributed by atoms with Crippen LogP contribution in [0.15, 0.2) is 34.9 Å². The lowest BCUT2D eigenvalue weighted by atomic mass is 10.0. The molecule has 0 aliphatic heterocycles. The zero-order chi connectivity index (χ0) is 14.4. The van der Waals surface area contributed by atoms with E-state index in [2.05, 4.69) is 12.2 Å². The molecule has 1 N–H and O–H groups in total.